The molecule has 0 aliphatic rings. The largest absolute Gasteiger partial charge is 0.469 e. The SMILES string of the molecule is COC(=O)CC=Cc1ccc(C(F)(F)F)c([N+](=O)[O-])c1. The van der Waals surface area contributed by atoms with Gasteiger partial charge in [-0.15, -0.1) is 0 Å². The number of methoxy groups -OCH3 is 1. The van der Waals surface area contributed by atoms with Gasteiger partial charge in [-0.25, -0.2) is 0 Å². The van der Waals surface area contributed by atoms with E-state index in [1.165, 1.54) is 19.3 Å². The van der Waals surface area contributed by atoms with Crippen molar-refractivity contribution < 1.29 is 27.6 Å². The molecule has 1 aromatic rings. The molecule has 1 rings (SSSR count). The van der Waals surface area contributed by atoms with Crippen LogP contribution in [-0.4, -0.2) is 18.0 Å². The van der Waals surface area contributed by atoms with Gasteiger partial charge in [0.05, 0.1) is 18.5 Å². The second kappa shape index (κ2) is 6.18. The van der Waals surface area contributed by atoms with Gasteiger partial charge in [-0.05, 0) is 11.6 Å². The Morgan fingerprint density at radius 3 is 2.60 bits per heavy atom. The standard InChI is InChI=1S/C12H10F3NO4/c1-20-11(17)4-2-3-8-5-6-9(12(13,14)15)10(7-8)16(18)19/h2-3,5-7H,4H2,1H3. The number of hydrogen-bond donors (Lipinski definition) is 0. The van der Waals surface area contributed by atoms with Gasteiger partial charge >= 0.3 is 12.1 Å². The van der Waals surface area contributed by atoms with E-state index in [-0.39, 0.29) is 12.0 Å². The second-order valence-corrected chi connectivity index (χ2v) is 3.71. The molecule has 108 valence electrons. The quantitative estimate of drug-likeness (QED) is 0.485. The average molecular weight is 289 g/mol. The number of nitro groups is 1. The summed E-state index contributed by atoms with van der Waals surface area (Å²) in [5.41, 5.74) is -2.15. The maximum absolute atomic E-state index is 12.6. The molecule has 0 aromatic heterocycles. The van der Waals surface area contributed by atoms with Crippen LogP contribution < -0.4 is 0 Å². The maximum Gasteiger partial charge on any atom is 0.422 e. The summed E-state index contributed by atoms with van der Waals surface area (Å²) in [6, 6.07) is 2.52. The molecule has 5 nitrogen and oxygen atoms in total. The van der Waals surface area contributed by atoms with E-state index in [0.29, 0.717) is 6.07 Å². The average Bonchev–Trinajstić information content (AvgIpc) is 2.37. The normalized spacial score (nSPS) is 11.6. The highest BCUT2D eigenvalue weighted by molar-refractivity contribution is 5.72. The topological polar surface area (TPSA) is 69.4 Å². The van der Waals surface area contributed by atoms with E-state index >= 15 is 0 Å². The van der Waals surface area contributed by atoms with Crippen molar-refractivity contribution in [2.24, 2.45) is 0 Å². The van der Waals surface area contributed by atoms with E-state index in [4.69, 9.17) is 0 Å². The number of rotatable bonds is 4. The molecule has 0 radical (unpaired) electrons. The Kier molecular flexibility index (Phi) is 4.84. The predicted molar refractivity (Wildman–Crippen MR) is 63.8 cm³/mol. The van der Waals surface area contributed by atoms with Crippen LogP contribution in [-0.2, 0) is 15.7 Å². The molecule has 0 saturated carbocycles. The minimum absolute atomic E-state index is 0.0781. The molecule has 1 aromatic carbocycles. The number of carbonyl (C=O) groups excluding carboxylic acids is 1. The van der Waals surface area contributed by atoms with Crippen molar-refractivity contribution in [1.29, 1.82) is 0 Å². The fraction of sp³-hybridized carbons (Fsp3) is 0.250. The molecule has 0 N–H and O–H groups in total. The third-order valence-corrected chi connectivity index (χ3v) is 2.35. The zero-order chi connectivity index (χ0) is 15.3. The van der Waals surface area contributed by atoms with Gasteiger partial charge in [0.1, 0.15) is 5.56 Å². The Labute approximate surface area is 111 Å². The van der Waals surface area contributed by atoms with E-state index < -0.39 is 28.3 Å². The van der Waals surface area contributed by atoms with Crippen LogP contribution in [0.5, 0.6) is 0 Å². The number of nitro benzene ring substituents is 1. The summed E-state index contributed by atoms with van der Waals surface area (Å²) < 4.78 is 42.0. The molecule has 0 saturated heterocycles. The van der Waals surface area contributed by atoms with Crippen molar-refractivity contribution >= 4 is 17.7 Å². The number of ether oxygens (including phenoxy) is 1. The summed E-state index contributed by atoms with van der Waals surface area (Å²) in [7, 11) is 1.19. The maximum atomic E-state index is 12.6. The molecule has 0 atom stereocenters. The van der Waals surface area contributed by atoms with Gasteiger partial charge in [-0.1, -0.05) is 18.2 Å². The lowest BCUT2D eigenvalue weighted by atomic mass is 10.1. The minimum Gasteiger partial charge on any atom is -0.469 e. The van der Waals surface area contributed by atoms with Crippen LogP contribution >= 0.6 is 0 Å². The van der Waals surface area contributed by atoms with E-state index in [1.807, 2.05) is 0 Å². The van der Waals surface area contributed by atoms with Gasteiger partial charge in [-0.3, -0.25) is 14.9 Å². The molecular formula is C12H10F3NO4. The summed E-state index contributed by atoms with van der Waals surface area (Å²) in [4.78, 5) is 20.4. The van der Waals surface area contributed by atoms with Gasteiger partial charge in [0.2, 0.25) is 0 Å². The third kappa shape index (κ3) is 4.08. The molecular weight excluding hydrogens is 279 g/mol. The Bertz CT molecular complexity index is 552. The number of hydrogen-bond acceptors (Lipinski definition) is 4. The number of esters is 1. The lowest BCUT2D eigenvalue weighted by Crippen LogP contribution is -2.08. The smallest absolute Gasteiger partial charge is 0.422 e. The van der Waals surface area contributed by atoms with Crippen LogP contribution in [0.25, 0.3) is 6.08 Å². The number of benzene rings is 1. The van der Waals surface area contributed by atoms with E-state index in [1.54, 1.807) is 0 Å². The first-order chi connectivity index (χ1) is 9.25. The Morgan fingerprint density at radius 1 is 1.45 bits per heavy atom. The number of nitrogens with zero attached hydrogens (tertiary/aromatic N) is 1. The Hall–Kier alpha value is -2.38. The van der Waals surface area contributed by atoms with Crippen LogP contribution in [0.1, 0.15) is 17.5 Å². The molecule has 8 heteroatoms. The van der Waals surface area contributed by atoms with Gasteiger partial charge in [-0.2, -0.15) is 13.2 Å². The minimum atomic E-state index is -4.79. The lowest BCUT2D eigenvalue weighted by Gasteiger charge is -2.07. The molecule has 20 heavy (non-hydrogen) atoms. The second-order valence-electron chi connectivity index (χ2n) is 3.71. The number of carbonyl (C=O) groups is 1. The molecule has 0 spiro atoms. The Morgan fingerprint density at radius 2 is 2.10 bits per heavy atom. The van der Waals surface area contributed by atoms with Crippen LogP contribution in [0.3, 0.4) is 0 Å². The van der Waals surface area contributed by atoms with Crippen molar-refractivity contribution in [3.05, 3.63) is 45.5 Å². The summed E-state index contributed by atoms with van der Waals surface area (Å²) in [6.07, 6.45) is -2.22. The summed E-state index contributed by atoms with van der Waals surface area (Å²) in [5, 5.41) is 10.7. The van der Waals surface area contributed by atoms with E-state index in [2.05, 4.69) is 4.74 Å². The molecule has 0 bridgehead atoms. The third-order valence-electron chi connectivity index (χ3n) is 2.35. The van der Waals surface area contributed by atoms with E-state index in [9.17, 15) is 28.1 Å². The van der Waals surface area contributed by atoms with Crippen LogP contribution in [0.4, 0.5) is 18.9 Å². The van der Waals surface area contributed by atoms with Crippen LogP contribution in [0, 0.1) is 10.1 Å². The highest BCUT2D eigenvalue weighted by atomic mass is 19.4. The molecule has 0 aliphatic heterocycles. The molecule has 0 amide bonds. The fourth-order valence-corrected chi connectivity index (χ4v) is 1.42. The zero-order valence-corrected chi connectivity index (χ0v) is 10.3. The first-order valence-electron chi connectivity index (χ1n) is 5.34. The van der Waals surface area contributed by atoms with Crippen molar-refractivity contribution in [3.63, 3.8) is 0 Å². The molecule has 0 fully saturated rings. The lowest BCUT2D eigenvalue weighted by molar-refractivity contribution is -0.388. The summed E-state index contributed by atoms with van der Waals surface area (Å²) >= 11 is 0. The van der Waals surface area contributed by atoms with Gasteiger partial charge < -0.3 is 4.74 Å². The molecule has 0 unspecified atom stereocenters. The highest BCUT2D eigenvalue weighted by Crippen LogP contribution is 2.36. The number of alkyl halides is 3. The van der Waals surface area contributed by atoms with Crippen LogP contribution in [0.15, 0.2) is 24.3 Å². The van der Waals surface area contributed by atoms with E-state index in [0.717, 1.165) is 12.1 Å². The molecule has 0 aliphatic carbocycles. The molecule has 0 heterocycles. The monoisotopic (exact) mass is 289 g/mol. The van der Waals surface area contributed by atoms with Crippen molar-refractivity contribution in [3.8, 4) is 0 Å². The van der Waals surface area contributed by atoms with Crippen molar-refractivity contribution in [1.82, 2.24) is 0 Å². The van der Waals surface area contributed by atoms with Crippen molar-refractivity contribution in [2.75, 3.05) is 7.11 Å². The van der Waals surface area contributed by atoms with Gasteiger partial charge in [0.15, 0.2) is 0 Å². The number of halogens is 3. The van der Waals surface area contributed by atoms with Gasteiger partial charge in [0.25, 0.3) is 5.69 Å². The van der Waals surface area contributed by atoms with Gasteiger partial charge in [0, 0.05) is 6.07 Å². The fourth-order valence-electron chi connectivity index (χ4n) is 1.42. The summed E-state index contributed by atoms with van der Waals surface area (Å²) in [6.45, 7) is 0. The van der Waals surface area contributed by atoms with Crippen LogP contribution in [0.2, 0.25) is 0 Å². The predicted octanol–water partition coefficient (Wildman–Crippen LogP) is 3.19. The summed E-state index contributed by atoms with van der Waals surface area (Å²) in [5.74, 6) is -0.525. The first-order valence-corrected chi connectivity index (χ1v) is 5.34. The highest BCUT2D eigenvalue weighted by Gasteiger charge is 2.38. The van der Waals surface area contributed by atoms with Crippen molar-refractivity contribution in [2.45, 2.75) is 12.6 Å². The zero-order valence-electron chi connectivity index (χ0n) is 10.3. The Balaban J connectivity index is 3.06. The first kappa shape index (κ1) is 15.7.